The Hall–Kier alpha value is -2.98. The van der Waals surface area contributed by atoms with E-state index in [-0.39, 0.29) is 12.0 Å². The molecule has 9 nitrogen and oxygen atoms in total. The van der Waals surface area contributed by atoms with Crippen molar-refractivity contribution in [3.63, 3.8) is 0 Å². The SMILES string of the molecule is Cc1c(-c2[nH]c3ccc(N4CC(OS(C)(=O)=O)C4)nc3c2C(C)C)cn2ncnc2c1C. The van der Waals surface area contributed by atoms with Crippen molar-refractivity contribution in [3.05, 3.63) is 41.3 Å². The molecule has 1 aliphatic heterocycles. The Morgan fingerprint density at radius 3 is 2.62 bits per heavy atom. The first-order valence-electron chi connectivity index (χ1n) is 10.6. The number of hydrogen-bond donors (Lipinski definition) is 1. The van der Waals surface area contributed by atoms with Gasteiger partial charge in [0.15, 0.2) is 5.65 Å². The molecule has 0 bridgehead atoms. The first kappa shape index (κ1) is 20.9. The van der Waals surface area contributed by atoms with E-state index in [1.54, 1.807) is 6.33 Å². The fourth-order valence-electron chi connectivity index (χ4n) is 4.41. The summed E-state index contributed by atoms with van der Waals surface area (Å²) in [6, 6.07) is 4.00. The highest BCUT2D eigenvalue weighted by Crippen LogP contribution is 2.38. The summed E-state index contributed by atoms with van der Waals surface area (Å²) in [5, 5.41) is 4.34. The van der Waals surface area contributed by atoms with Gasteiger partial charge in [0.05, 0.1) is 23.0 Å². The maximum Gasteiger partial charge on any atom is 0.264 e. The zero-order chi connectivity index (χ0) is 22.8. The lowest BCUT2D eigenvalue weighted by molar-refractivity contribution is 0.176. The minimum absolute atomic E-state index is 0.241. The van der Waals surface area contributed by atoms with Crippen LogP contribution in [0.15, 0.2) is 24.7 Å². The van der Waals surface area contributed by atoms with Crippen LogP contribution in [-0.4, -0.2) is 58.4 Å². The molecule has 0 unspecified atom stereocenters. The molecule has 5 rings (SSSR count). The average molecular weight is 455 g/mol. The summed E-state index contributed by atoms with van der Waals surface area (Å²) in [6.45, 7) is 9.50. The number of aromatic nitrogens is 5. The van der Waals surface area contributed by atoms with Crippen LogP contribution in [0.2, 0.25) is 0 Å². The van der Waals surface area contributed by atoms with E-state index in [1.807, 2.05) is 27.7 Å². The van der Waals surface area contributed by atoms with Gasteiger partial charge in [-0.1, -0.05) is 13.8 Å². The lowest BCUT2D eigenvalue weighted by Gasteiger charge is -2.38. The normalized spacial score (nSPS) is 15.2. The van der Waals surface area contributed by atoms with Gasteiger partial charge in [-0.15, -0.1) is 0 Å². The van der Waals surface area contributed by atoms with Crippen LogP contribution in [0, 0.1) is 13.8 Å². The highest BCUT2D eigenvalue weighted by atomic mass is 32.2. The molecule has 0 radical (unpaired) electrons. The van der Waals surface area contributed by atoms with E-state index in [0.29, 0.717) is 13.1 Å². The van der Waals surface area contributed by atoms with Crippen molar-refractivity contribution in [1.82, 2.24) is 24.6 Å². The number of rotatable bonds is 5. The number of nitrogens with one attached hydrogen (secondary N) is 1. The molecular formula is C22H26N6O3S. The van der Waals surface area contributed by atoms with Gasteiger partial charge in [0.1, 0.15) is 18.2 Å². The second-order valence-corrected chi connectivity index (χ2v) is 10.4. The molecule has 168 valence electrons. The Morgan fingerprint density at radius 1 is 1.19 bits per heavy atom. The molecule has 0 saturated carbocycles. The standard InChI is InChI=1S/C22H26N6O3S/c1-12(2)19-20(16-10-28-22(23-11-24-28)14(4)13(16)3)25-17-6-7-18(26-21(17)19)27-8-15(9-27)31-32(5,29)30/h6-7,10-12,15,25H,8-9H2,1-5H3. The monoisotopic (exact) mass is 454 g/mol. The molecule has 10 heteroatoms. The fraction of sp³-hybridized carbons (Fsp3) is 0.409. The summed E-state index contributed by atoms with van der Waals surface area (Å²) < 4.78 is 29.6. The van der Waals surface area contributed by atoms with Gasteiger partial charge in [0.25, 0.3) is 10.1 Å². The van der Waals surface area contributed by atoms with Crippen LogP contribution in [0.5, 0.6) is 0 Å². The zero-order valence-electron chi connectivity index (χ0n) is 18.7. The topological polar surface area (TPSA) is 105 Å². The number of H-pyrrole nitrogens is 1. The van der Waals surface area contributed by atoms with E-state index < -0.39 is 10.1 Å². The van der Waals surface area contributed by atoms with Gasteiger partial charge >= 0.3 is 0 Å². The summed E-state index contributed by atoms with van der Waals surface area (Å²) >= 11 is 0. The lowest BCUT2D eigenvalue weighted by atomic mass is 9.95. The summed E-state index contributed by atoms with van der Waals surface area (Å²) in [4.78, 5) is 14.9. The lowest BCUT2D eigenvalue weighted by Crippen LogP contribution is -2.53. The first-order chi connectivity index (χ1) is 15.1. The molecule has 0 spiro atoms. The van der Waals surface area contributed by atoms with E-state index >= 15 is 0 Å². The number of aromatic amines is 1. The van der Waals surface area contributed by atoms with Crippen LogP contribution in [0.3, 0.4) is 0 Å². The van der Waals surface area contributed by atoms with Gasteiger partial charge in [-0.25, -0.2) is 14.5 Å². The third-order valence-electron chi connectivity index (χ3n) is 6.12. The van der Waals surface area contributed by atoms with Gasteiger partial charge in [0, 0.05) is 30.4 Å². The Labute approximate surface area is 186 Å². The first-order valence-corrected chi connectivity index (χ1v) is 12.4. The molecule has 0 aliphatic carbocycles. The molecule has 1 aliphatic rings. The number of anilines is 1. The van der Waals surface area contributed by atoms with Gasteiger partial charge in [-0.3, -0.25) is 4.18 Å². The van der Waals surface area contributed by atoms with Crippen LogP contribution in [0.1, 0.15) is 36.5 Å². The number of pyridine rings is 2. The van der Waals surface area contributed by atoms with Gasteiger partial charge < -0.3 is 9.88 Å². The number of fused-ring (bicyclic) bond motifs is 2. The second-order valence-electron chi connectivity index (χ2n) is 8.78. The second kappa shape index (κ2) is 7.28. The molecule has 32 heavy (non-hydrogen) atoms. The van der Waals surface area contributed by atoms with Crippen molar-refractivity contribution in [2.75, 3.05) is 24.2 Å². The maximum absolute atomic E-state index is 11.4. The van der Waals surface area contributed by atoms with Crippen LogP contribution < -0.4 is 4.90 Å². The van der Waals surface area contributed by atoms with Crippen LogP contribution in [0.4, 0.5) is 5.82 Å². The quantitative estimate of drug-likeness (QED) is 0.462. The predicted octanol–water partition coefficient (Wildman–Crippen LogP) is 3.18. The predicted molar refractivity (Wildman–Crippen MR) is 124 cm³/mol. The molecule has 0 atom stereocenters. The molecule has 0 amide bonds. The smallest absolute Gasteiger partial charge is 0.264 e. The van der Waals surface area contributed by atoms with Gasteiger partial charge in [0.2, 0.25) is 0 Å². The van der Waals surface area contributed by atoms with Crippen molar-refractivity contribution >= 4 is 32.6 Å². The van der Waals surface area contributed by atoms with E-state index in [4.69, 9.17) is 9.17 Å². The maximum atomic E-state index is 11.4. The average Bonchev–Trinajstić information content (AvgIpc) is 3.30. The Kier molecular flexibility index (Phi) is 4.75. The molecule has 1 fully saturated rings. The Bertz CT molecular complexity index is 1450. The molecule has 4 aromatic heterocycles. The van der Waals surface area contributed by atoms with E-state index in [9.17, 15) is 8.42 Å². The van der Waals surface area contributed by atoms with Crippen molar-refractivity contribution in [3.8, 4) is 11.3 Å². The zero-order valence-corrected chi connectivity index (χ0v) is 19.6. The van der Waals surface area contributed by atoms with Crippen LogP contribution in [-0.2, 0) is 14.3 Å². The summed E-state index contributed by atoms with van der Waals surface area (Å²) in [7, 11) is -3.45. The van der Waals surface area contributed by atoms with Crippen molar-refractivity contribution < 1.29 is 12.6 Å². The van der Waals surface area contributed by atoms with E-state index in [1.165, 1.54) is 0 Å². The highest BCUT2D eigenvalue weighted by molar-refractivity contribution is 7.86. The number of hydrogen-bond acceptors (Lipinski definition) is 7. The van der Waals surface area contributed by atoms with Crippen molar-refractivity contribution in [2.45, 2.75) is 39.7 Å². The third-order valence-corrected chi connectivity index (χ3v) is 6.74. The largest absolute Gasteiger partial charge is 0.353 e. The molecule has 4 aromatic rings. The van der Waals surface area contributed by atoms with E-state index in [0.717, 1.165) is 56.7 Å². The molecular weight excluding hydrogens is 428 g/mol. The Morgan fingerprint density at radius 2 is 1.94 bits per heavy atom. The molecule has 0 aromatic carbocycles. The number of aryl methyl sites for hydroxylation is 1. The molecule has 5 heterocycles. The van der Waals surface area contributed by atoms with E-state index in [2.05, 4.69) is 42.8 Å². The molecule has 1 N–H and O–H groups in total. The summed E-state index contributed by atoms with van der Waals surface area (Å²) in [5.41, 5.74) is 8.27. The van der Waals surface area contributed by atoms with Gasteiger partial charge in [-0.05, 0) is 43.0 Å². The summed E-state index contributed by atoms with van der Waals surface area (Å²) in [5.74, 6) is 1.06. The highest BCUT2D eigenvalue weighted by Gasteiger charge is 2.32. The Balaban J connectivity index is 1.57. The summed E-state index contributed by atoms with van der Waals surface area (Å²) in [6.07, 6.45) is 4.34. The van der Waals surface area contributed by atoms with Crippen molar-refractivity contribution in [2.24, 2.45) is 0 Å². The minimum Gasteiger partial charge on any atom is -0.353 e. The fourth-order valence-corrected chi connectivity index (χ4v) is 5.03. The molecule has 1 saturated heterocycles. The van der Waals surface area contributed by atoms with Crippen LogP contribution >= 0.6 is 0 Å². The third kappa shape index (κ3) is 3.43. The minimum atomic E-state index is -3.45. The van der Waals surface area contributed by atoms with Crippen molar-refractivity contribution in [1.29, 1.82) is 0 Å². The van der Waals surface area contributed by atoms with Gasteiger partial charge in [-0.2, -0.15) is 13.5 Å². The van der Waals surface area contributed by atoms with Crippen LogP contribution in [0.25, 0.3) is 27.9 Å². The number of nitrogens with zero attached hydrogens (tertiary/aromatic N) is 5.